The maximum absolute atomic E-state index is 12.0. The molecule has 0 bridgehead atoms. The Morgan fingerprint density at radius 3 is 2.83 bits per heavy atom. The zero-order chi connectivity index (χ0) is 13.3. The molecule has 0 atom stereocenters. The van der Waals surface area contributed by atoms with Crippen LogP contribution < -0.4 is 0 Å². The lowest BCUT2D eigenvalue weighted by Crippen LogP contribution is -2.10. The van der Waals surface area contributed by atoms with Gasteiger partial charge in [-0.2, -0.15) is 0 Å². The van der Waals surface area contributed by atoms with Crippen molar-refractivity contribution < 1.29 is 19.1 Å². The first-order valence-corrected chi connectivity index (χ1v) is 5.88. The van der Waals surface area contributed by atoms with Gasteiger partial charge in [0.15, 0.2) is 0 Å². The van der Waals surface area contributed by atoms with E-state index in [-0.39, 0.29) is 11.7 Å². The van der Waals surface area contributed by atoms with Crippen LogP contribution in [0.4, 0.5) is 0 Å². The van der Waals surface area contributed by atoms with Crippen molar-refractivity contribution in [3.05, 3.63) is 29.5 Å². The van der Waals surface area contributed by atoms with E-state index in [9.17, 15) is 9.90 Å². The topological polar surface area (TPSA) is 59.7 Å². The number of benzene rings is 1. The van der Waals surface area contributed by atoms with Gasteiger partial charge in [0.05, 0.1) is 6.61 Å². The van der Waals surface area contributed by atoms with Gasteiger partial charge in [0.1, 0.15) is 22.7 Å². The van der Waals surface area contributed by atoms with Gasteiger partial charge in [0.2, 0.25) is 0 Å². The third-order valence-electron chi connectivity index (χ3n) is 2.60. The average molecular weight is 248 g/mol. The van der Waals surface area contributed by atoms with Crippen molar-refractivity contribution in [3.8, 4) is 5.75 Å². The van der Waals surface area contributed by atoms with E-state index in [2.05, 4.69) is 0 Å². The molecule has 0 saturated carbocycles. The van der Waals surface area contributed by atoms with Crippen molar-refractivity contribution in [1.29, 1.82) is 0 Å². The molecule has 0 amide bonds. The zero-order valence-corrected chi connectivity index (χ0v) is 10.7. The van der Waals surface area contributed by atoms with Crippen LogP contribution in [0.5, 0.6) is 5.75 Å². The van der Waals surface area contributed by atoms with Gasteiger partial charge in [-0.25, -0.2) is 4.79 Å². The molecule has 1 heterocycles. The number of carbonyl (C=O) groups is 1. The number of aryl methyl sites for hydroxylation is 1. The molecule has 0 unspecified atom stereocenters. The summed E-state index contributed by atoms with van der Waals surface area (Å²) in [4.78, 5) is 12.0. The lowest BCUT2D eigenvalue weighted by Gasteiger charge is -2.06. The molecule has 0 radical (unpaired) electrons. The molecule has 4 heteroatoms. The Labute approximate surface area is 105 Å². The van der Waals surface area contributed by atoms with E-state index in [4.69, 9.17) is 9.15 Å². The van der Waals surface area contributed by atoms with Crippen LogP contribution in [0.3, 0.4) is 0 Å². The smallest absolute Gasteiger partial charge is 0.342 e. The molecule has 0 aliphatic rings. The maximum Gasteiger partial charge on any atom is 0.342 e. The molecule has 18 heavy (non-hydrogen) atoms. The second kappa shape index (κ2) is 4.72. The second-order valence-electron chi connectivity index (χ2n) is 4.71. The minimum absolute atomic E-state index is 0.0983. The summed E-state index contributed by atoms with van der Waals surface area (Å²) in [6, 6.07) is 4.67. The van der Waals surface area contributed by atoms with Crippen LogP contribution in [0.1, 0.15) is 30.0 Å². The largest absolute Gasteiger partial charge is 0.508 e. The monoisotopic (exact) mass is 248 g/mol. The summed E-state index contributed by atoms with van der Waals surface area (Å²) in [5.74, 6) is 0.469. The molecular weight excluding hydrogens is 232 g/mol. The van der Waals surface area contributed by atoms with Crippen molar-refractivity contribution in [3.63, 3.8) is 0 Å². The SMILES string of the molecule is Cc1oc2ccc(O)cc2c1C(=O)OCC(C)C. The summed E-state index contributed by atoms with van der Waals surface area (Å²) in [6.07, 6.45) is 0. The number of ether oxygens (including phenoxy) is 1. The van der Waals surface area contributed by atoms with E-state index in [1.54, 1.807) is 13.0 Å². The lowest BCUT2D eigenvalue weighted by molar-refractivity contribution is 0.0459. The van der Waals surface area contributed by atoms with E-state index < -0.39 is 5.97 Å². The van der Waals surface area contributed by atoms with Crippen LogP contribution in [0.25, 0.3) is 11.0 Å². The first-order valence-electron chi connectivity index (χ1n) is 5.88. The van der Waals surface area contributed by atoms with Crippen LogP contribution in [-0.2, 0) is 4.74 Å². The third kappa shape index (κ3) is 2.32. The molecule has 4 nitrogen and oxygen atoms in total. The van der Waals surface area contributed by atoms with Gasteiger partial charge in [-0.15, -0.1) is 0 Å². The fourth-order valence-corrected chi connectivity index (χ4v) is 1.78. The van der Waals surface area contributed by atoms with Crippen LogP contribution in [0.15, 0.2) is 22.6 Å². The molecule has 0 aliphatic heterocycles. The molecule has 2 rings (SSSR count). The Morgan fingerprint density at radius 2 is 2.17 bits per heavy atom. The van der Waals surface area contributed by atoms with Gasteiger partial charge in [0.25, 0.3) is 0 Å². The average Bonchev–Trinajstić information content (AvgIpc) is 2.61. The summed E-state index contributed by atoms with van der Waals surface area (Å²) >= 11 is 0. The van der Waals surface area contributed by atoms with Gasteiger partial charge in [-0.1, -0.05) is 13.8 Å². The van der Waals surface area contributed by atoms with Crippen LogP contribution in [0, 0.1) is 12.8 Å². The standard InChI is InChI=1S/C14H16O4/c1-8(2)7-17-14(16)13-9(3)18-12-5-4-10(15)6-11(12)13/h4-6,8,15H,7H2,1-3H3. The number of esters is 1. The highest BCUT2D eigenvalue weighted by molar-refractivity contribution is 6.04. The lowest BCUT2D eigenvalue weighted by atomic mass is 10.1. The van der Waals surface area contributed by atoms with Gasteiger partial charge in [-0.3, -0.25) is 0 Å². The number of carbonyl (C=O) groups excluding carboxylic acids is 1. The molecule has 96 valence electrons. The van der Waals surface area contributed by atoms with E-state index in [0.717, 1.165) is 0 Å². The van der Waals surface area contributed by atoms with E-state index >= 15 is 0 Å². The maximum atomic E-state index is 12.0. The van der Waals surface area contributed by atoms with Gasteiger partial charge in [0, 0.05) is 5.39 Å². The number of phenolic OH excluding ortho intramolecular Hbond substituents is 1. The van der Waals surface area contributed by atoms with Crippen molar-refractivity contribution >= 4 is 16.9 Å². The molecule has 1 aromatic heterocycles. The number of hydrogen-bond donors (Lipinski definition) is 1. The van der Waals surface area contributed by atoms with Gasteiger partial charge in [-0.05, 0) is 31.0 Å². The first kappa shape index (κ1) is 12.5. The van der Waals surface area contributed by atoms with E-state index in [0.29, 0.717) is 28.9 Å². The zero-order valence-electron chi connectivity index (χ0n) is 10.7. The number of hydrogen-bond acceptors (Lipinski definition) is 4. The number of fused-ring (bicyclic) bond motifs is 1. The normalized spacial score (nSPS) is 11.1. The summed E-state index contributed by atoms with van der Waals surface area (Å²) in [5, 5.41) is 10.1. The minimum Gasteiger partial charge on any atom is -0.508 e. The Morgan fingerprint density at radius 1 is 1.44 bits per heavy atom. The van der Waals surface area contributed by atoms with Crippen molar-refractivity contribution in [2.75, 3.05) is 6.61 Å². The first-order chi connectivity index (χ1) is 8.49. The number of phenols is 1. The highest BCUT2D eigenvalue weighted by Crippen LogP contribution is 2.29. The Bertz CT molecular complexity index is 581. The highest BCUT2D eigenvalue weighted by atomic mass is 16.5. The molecule has 1 N–H and O–H groups in total. The van der Waals surface area contributed by atoms with Crippen molar-refractivity contribution in [2.45, 2.75) is 20.8 Å². The Kier molecular flexibility index (Phi) is 3.28. The third-order valence-corrected chi connectivity index (χ3v) is 2.60. The summed E-state index contributed by atoms with van der Waals surface area (Å²) in [5.41, 5.74) is 0.961. The van der Waals surface area contributed by atoms with Gasteiger partial charge < -0.3 is 14.3 Å². The molecule has 0 saturated heterocycles. The molecule has 0 spiro atoms. The predicted molar refractivity (Wildman–Crippen MR) is 67.7 cm³/mol. The number of furan rings is 1. The predicted octanol–water partition coefficient (Wildman–Crippen LogP) is 3.26. The fraction of sp³-hybridized carbons (Fsp3) is 0.357. The summed E-state index contributed by atoms with van der Waals surface area (Å²) in [7, 11) is 0. The molecule has 2 aromatic rings. The van der Waals surface area contributed by atoms with E-state index in [1.807, 2.05) is 13.8 Å². The Balaban J connectivity index is 2.40. The summed E-state index contributed by atoms with van der Waals surface area (Å²) in [6.45, 7) is 6.02. The molecular formula is C14H16O4. The van der Waals surface area contributed by atoms with Crippen molar-refractivity contribution in [2.24, 2.45) is 5.92 Å². The summed E-state index contributed by atoms with van der Waals surface area (Å²) < 4.78 is 10.7. The number of rotatable bonds is 3. The second-order valence-corrected chi connectivity index (χ2v) is 4.71. The van der Waals surface area contributed by atoms with Crippen LogP contribution in [0.2, 0.25) is 0 Å². The van der Waals surface area contributed by atoms with Crippen LogP contribution >= 0.6 is 0 Å². The molecule has 1 aromatic carbocycles. The Hall–Kier alpha value is -1.97. The number of aromatic hydroxyl groups is 1. The quantitative estimate of drug-likeness (QED) is 0.847. The van der Waals surface area contributed by atoms with E-state index in [1.165, 1.54) is 12.1 Å². The fourth-order valence-electron chi connectivity index (χ4n) is 1.78. The molecule has 0 fully saturated rings. The molecule has 0 aliphatic carbocycles. The van der Waals surface area contributed by atoms with Crippen LogP contribution in [-0.4, -0.2) is 17.7 Å². The van der Waals surface area contributed by atoms with Crippen molar-refractivity contribution in [1.82, 2.24) is 0 Å². The minimum atomic E-state index is -0.412. The highest BCUT2D eigenvalue weighted by Gasteiger charge is 2.20. The van der Waals surface area contributed by atoms with Gasteiger partial charge >= 0.3 is 5.97 Å².